The number of hydrogen-bond donors (Lipinski definition) is 3. The van der Waals surface area contributed by atoms with E-state index in [4.69, 9.17) is 11.5 Å². The largest absolute Gasteiger partial charge is 0.398 e. The summed E-state index contributed by atoms with van der Waals surface area (Å²) in [6.45, 7) is 1.95. The fourth-order valence-corrected chi connectivity index (χ4v) is 2.95. The highest BCUT2D eigenvalue weighted by atomic mass is 32.1. The number of nitrogens with two attached hydrogens (primary N) is 2. The van der Waals surface area contributed by atoms with E-state index < -0.39 is 18.1 Å². The normalized spacial score (nSPS) is 23.3. The van der Waals surface area contributed by atoms with Gasteiger partial charge in [0.2, 0.25) is 5.91 Å². The predicted molar refractivity (Wildman–Crippen MR) is 68.1 cm³/mol. The molecule has 1 aliphatic heterocycles. The lowest BCUT2D eigenvalue weighted by molar-refractivity contribution is -0.121. The summed E-state index contributed by atoms with van der Waals surface area (Å²) in [5.74, 6) is -0.902. The number of aliphatic hydroxyl groups excluding tert-OH is 1. The molecule has 1 aromatic heterocycles. The average Bonchev–Trinajstić information content (AvgIpc) is 2.82. The Bertz CT molecular complexity index is 480. The SMILES string of the molecule is Cc1sc(C(=O)N2CC(O)CC2C(N)=O)cc1N. The van der Waals surface area contributed by atoms with Crippen molar-refractivity contribution in [2.45, 2.75) is 25.5 Å². The van der Waals surface area contributed by atoms with Gasteiger partial charge in [-0.15, -0.1) is 11.3 Å². The number of aliphatic hydroxyl groups is 1. The molecule has 1 aliphatic rings. The minimum Gasteiger partial charge on any atom is -0.398 e. The van der Waals surface area contributed by atoms with Crippen LogP contribution in [0, 0.1) is 6.92 Å². The van der Waals surface area contributed by atoms with Crippen LogP contribution >= 0.6 is 11.3 Å². The summed E-state index contributed by atoms with van der Waals surface area (Å²) in [4.78, 5) is 26.1. The van der Waals surface area contributed by atoms with Crippen LogP contribution in [-0.4, -0.2) is 40.5 Å². The van der Waals surface area contributed by atoms with E-state index in [-0.39, 0.29) is 18.9 Å². The lowest BCUT2D eigenvalue weighted by atomic mass is 10.2. The predicted octanol–water partition coefficient (Wildman–Crippen LogP) is -0.301. The monoisotopic (exact) mass is 269 g/mol. The van der Waals surface area contributed by atoms with Crippen molar-refractivity contribution in [3.63, 3.8) is 0 Å². The van der Waals surface area contributed by atoms with Crippen molar-refractivity contribution in [1.29, 1.82) is 0 Å². The summed E-state index contributed by atoms with van der Waals surface area (Å²) in [6, 6.07) is 0.849. The van der Waals surface area contributed by atoms with E-state index >= 15 is 0 Å². The first-order valence-electron chi connectivity index (χ1n) is 5.54. The second-order valence-corrected chi connectivity index (χ2v) is 5.64. The summed E-state index contributed by atoms with van der Waals surface area (Å²) in [7, 11) is 0. The van der Waals surface area contributed by atoms with E-state index in [0.717, 1.165) is 4.88 Å². The second-order valence-electron chi connectivity index (χ2n) is 4.39. The van der Waals surface area contributed by atoms with E-state index in [1.807, 2.05) is 6.92 Å². The zero-order valence-corrected chi connectivity index (χ0v) is 10.7. The first kappa shape index (κ1) is 12.8. The lowest BCUT2D eigenvalue weighted by Gasteiger charge is -2.20. The quantitative estimate of drug-likeness (QED) is 0.684. The van der Waals surface area contributed by atoms with E-state index in [1.165, 1.54) is 16.2 Å². The number of amides is 2. The molecule has 2 unspecified atom stereocenters. The molecule has 2 heterocycles. The highest BCUT2D eigenvalue weighted by Gasteiger charge is 2.38. The molecule has 2 amide bonds. The maximum absolute atomic E-state index is 12.2. The Morgan fingerprint density at radius 3 is 2.72 bits per heavy atom. The Morgan fingerprint density at radius 2 is 2.22 bits per heavy atom. The number of carbonyl (C=O) groups excluding carboxylic acids is 2. The summed E-state index contributed by atoms with van der Waals surface area (Å²) >= 11 is 1.27. The molecule has 2 atom stereocenters. The van der Waals surface area contributed by atoms with Crippen LogP contribution in [0.3, 0.4) is 0 Å². The van der Waals surface area contributed by atoms with Crippen molar-refractivity contribution in [3.05, 3.63) is 15.8 Å². The fourth-order valence-electron chi connectivity index (χ4n) is 2.05. The van der Waals surface area contributed by atoms with Gasteiger partial charge in [0.05, 0.1) is 11.0 Å². The number of aryl methyl sites for hydroxylation is 1. The molecule has 2 rings (SSSR count). The van der Waals surface area contributed by atoms with Gasteiger partial charge in [-0.05, 0) is 13.0 Å². The summed E-state index contributed by atoms with van der Waals surface area (Å²) < 4.78 is 0. The van der Waals surface area contributed by atoms with Crippen molar-refractivity contribution in [3.8, 4) is 0 Å². The number of likely N-dealkylation sites (tertiary alicyclic amines) is 1. The van der Waals surface area contributed by atoms with E-state index in [2.05, 4.69) is 0 Å². The molecular formula is C11H15N3O3S. The number of nitrogen functional groups attached to an aromatic ring is 1. The highest BCUT2D eigenvalue weighted by molar-refractivity contribution is 7.14. The molecule has 1 saturated heterocycles. The Kier molecular flexibility index (Phi) is 3.27. The minimum absolute atomic E-state index is 0.128. The van der Waals surface area contributed by atoms with Gasteiger partial charge in [-0.25, -0.2) is 0 Å². The minimum atomic E-state index is -0.740. The van der Waals surface area contributed by atoms with Crippen molar-refractivity contribution >= 4 is 28.8 Å². The van der Waals surface area contributed by atoms with Crippen LogP contribution in [0.5, 0.6) is 0 Å². The van der Waals surface area contributed by atoms with Crippen LogP contribution in [0.1, 0.15) is 21.0 Å². The number of carbonyl (C=O) groups is 2. The summed E-state index contributed by atoms with van der Waals surface area (Å²) in [5, 5.41) is 9.55. The molecule has 5 N–H and O–H groups in total. The Morgan fingerprint density at radius 1 is 1.56 bits per heavy atom. The number of primary amides is 1. The number of anilines is 1. The van der Waals surface area contributed by atoms with Gasteiger partial charge in [0.1, 0.15) is 6.04 Å². The first-order valence-corrected chi connectivity index (χ1v) is 6.36. The van der Waals surface area contributed by atoms with Gasteiger partial charge in [-0.1, -0.05) is 0 Å². The van der Waals surface area contributed by atoms with E-state index in [9.17, 15) is 14.7 Å². The van der Waals surface area contributed by atoms with Gasteiger partial charge in [0.25, 0.3) is 5.91 Å². The smallest absolute Gasteiger partial charge is 0.264 e. The number of hydrogen-bond acceptors (Lipinski definition) is 5. The molecule has 0 spiro atoms. The zero-order chi connectivity index (χ0) is 13.4. The first-order chi connectivity index (χ1) is 8.40. The standard InChI is InChI=1S/C11H15N3O3S/c1-5-7(12)3-9(18-5)11(17)14-4-6(15)2-8(14)10(13)16/h3,6,8,15H,2,4,12H2,1H3,(H2,13,16). The zero-order valence-electron chi connectivity index (χ0n) is 9.92. The highest BCUT2D eigenvalue weighted by Crippen LogP contribution is 2.27. The number of nitrogens with zero attached hydrogens (tertiary/aromatic N) is 1. The summed E-state index contributed by atoms with van der Waals surface area (Å²) in [6.07, 6.45) is -0.508. The van der Waals surface area contributed by atoms with Crippen molar-refractivity contribution < 1.29 is 14.7 Å². The van der Waals surface area contributed by atoms with Gasteiger partial charge in [0.15, 0.2) is 0 Å². The van der Waals surface area contributed by atoms with Crippen LogP contribution < -0.4 is 11.5 Å². The topological polar surface area (TPSA) is 110 Å². The van der Waals surface area contributed by atoms with Crippen molar-refractivity contribution in [1.82, 2.24) is 4.90 Å². The van der Waals surface area contributed by atoms with Crippen molar-refractivity contribution in [2.24, 2.45) is 5.73 Å². The number of β-amino-alcohol motifs (C(OH)–C–C–N with tert-alkyl or cyclic N) is 1. The van der Waals surface area contributed by atoms with Gasteiger partial charge >= 0.3 is 0 Å². The Balaban J connectivity index is 2.25. The lowest BCUT2D eigenvalue weighted by Crippen LogP contribution is -2.43. The second kappa shape index (κ2) is 4.58. The third-order valence-electron chi connectivity index (χ3n) is 3.04. The van der Waals surface area contributed by atoms with E-state index in [0.29, 0.717) is 10.6 Å². The molecule has 0 saturated carbocycles. The molecular weight excluding hydrogens is 254 g/mol. The third kappa shape index (κ3) is 2.19. The van der Waals surface area contributed by atoms with Crippen LogP contribution in [0.2, 0.25) is 0 Å². The Labute approximate surface area is 108 Å². The molecule has 98 valence electrons. The molecule has 0 radical (unpaired) electrons. The van der Waals surface area contributed by atoms with Gasteiger partial charge in [-0.3, -0.25) is 9.59 Å². The molecule has 1 fully saturated rings. The summed E-state index contributed by atoms with van der Waals surface area (Å²) in [5.41, 5.74) is 11.5. The Hall–Kier alpha value is -1.60. The van der Waals surface area contributed by atoms with Gasteiger partial charge in [-0.2, -0.15) is 0 Å². The molecule has 0 aromatic carbocycles. The maximum atomic E-state index is 12.2. The number of rotatable bonds is 2. The molecule has 0 aliphatic carbocycles. The fraction of sp³-hybridized carbons (Fsp3) is 0.455. The maximum Gasteiger partial charge on any atom is 0.264 e. The van der Waals surface area contributed by atoms with E-state index in [1.54, 1.807) is 6.07 Å². The van der Waals surface area contributed by atoms with Crippen LogP contribution in [0.25, 0.3) is 0 Å². The van der Waals surface area contributed by atoms with Crippen molar-refractivity contribution in [2.75, 3.05) is 12.3 Å². The molecule has 6 nitrogen and oxygen atoms in total. The molecule has 0 bridgehead atoms. The van der Waals surface area contributed by atoms with Crippen LogP contribution in [-0.2, 0) is 4.79 Å². The number of thiophene rings is 1. The average molecular weight is 269 g/mol. The van der Waals surface area contributed by atoms with Gasteiger partial charge < -0.3 is 21.5 Å². The molecule has 7 heteroatoms. The molecule has 18 heavy (non-hydrogen) atoms. The van der Waals surface area contributed by atoms with Gasteiger partial charge in [0, 0.05) is 23.5 Å². The van der Waals surface area contributed by atoms with Crippen LogP contribution in [0.4, 0.5) is 5.69 Å². The van der Waals surface area contributed by atoms with Crippen LogP contribution in [0.15, 0.2) is 6.07 Å². The third-order valence-corrected chi connectivity index (χ3v) is 4.09. The molecule has 1 aromatic rings.